The number of unbranched alkanes of at least 4 members (excludes halogenated alkanes) is 3. The van der Waals surface area contributed by atoms with Gasteiger partial charge in [-0.2, -0.15) is 0 Å². The van der Waals surface area contributed by atoms with Gasteiger partial charge in [-0.1, -0.05) is 6.42 Å². The third-order valence-electron chi connectivity index (χ3n) is 2.21. The van der Waals surface area contributed by atoms with Crippen LogP contribution < -0.4 is 5.32 Å². The number of carbonyl (C=O) groups is 1. The van der Waals surface area contributed by atoms with Gasteiger partial charge in [0, 0.05) is 12.8 Å². The molecule has 0 radical (unpaired) electrons. The Morgan fingerprint density at radius 2 is 2.00 bits per heavy atom. The van der Waals surface area contributed by atoms with E-state index < -0.39 is 0 Å². The van der Waals surface area contributed by atoms with Crippen LogP contribution in [0.25, 0.3) is 0 Å². The lowest BCUT2D eigenvalue weighted by atomic mass is 10.2. The van der Waals surface area contributed by atoms with Gasteiger partial charge >= 0.3 is 5.97 Å². The summed E-state index contributed by atoms with van der Waals surface area (Å²) in [7, 11) is 0. The molecule has 1 N–H and O–H groups in total. The molecule has 0 amide bonds. The second-order valence-corrected chi connectivity index (χ2v) is 3.67. The zero-order valence-electron chi connectivity index (χ0n) is 10.3. The van der Waals surface area contributed by atoms with Crippen molar-refractivity contribution >= 4 is 5.97 Å². The summed E-state index contributed by atoms with van der Waals surface area (Å²) in [5, 5.41) is 3.32. The molecule has 0 unspecified atom stereocenters. The van der Waals surface area contributed by atoms with Gasteiger partial charge < -0.3 is 10.1 Å². The molecule has 0 aliphatic heterocycles. The number of nitrogens with one attached hydrogen (secondary N) is 1. The Labute approximate surface area is 98.9 Å². The predicted molar refractivity (Wildman–Crippen MR) is 66.0 cm³/mol. The molecule has 0 bridgehead atoms. The number of rotatable bonds is 10. The molecule has 0 aliphatic carbocycles. The normalized spacial score (nSPS) is 9.75. The molecule has 3 nitrogen and oxygen atoms in total. The summed E-state index contributed by atoms with van der Waals surface area (Å²) in [6.07, 6.45) is 10.7. The molecule has 0 aliphatic rings. The Morgan fingerprint density at radius 1 is 1.25 bits per heavy atom. The third-order valence-corrected chi connectivity index (χ3v) is 2.21. The Morgan fingerprint density at radius 3 is 2.69 bits per heavy atom. The Bertz CT molecular complexity index is 208. The van der Waals surface area contributed by atoms with E-state index in [4.69, 9.17) is 11.2 Å². The molecular formula is C13H23NO2. The standard InChI is InChI=1S/C13H23NO2/c1-3-5-8-11-14-12-9-6-7-10-13(15)16-4-2/h1,14H,4-12H2,2H3. The second-order valence-electron chi connectivity index (χ2n) is 3.67. The largest absolute Gasteiger partial charge is 0.466 e. The maximum atomic E-state index is 11.0. The molecule has 3 heteroatoms. The van der Waals surface area contributed by atoms with Gasteiger partial charge in [0.15, 0.2) is 0 Å². The number of carbonyl (C=O) groups excluding carboxylic acids is 1. The van der Waals surface area contributed by atoms with Crippen molar-refractivity contribution in [2.75, 3.05) is 19.7 Å². The molecule has 16 heavy (non-hydrogen) atoms. The molecule has 0 aromatic rings. The highest BCUT2D eigenvalue weighted by atomic mass is 16.5. The lowest BCUT2D eigenvalue weighted by Crippen LogP contribution is -2.16. The van der Waals surface area contributed by atoms with Crippen LogP contribution in [0.2, 0.25) is 0 Å². The highest BCUT2D eigenvalue weighted by Gasteiger charge is 1.99. The summed E-state index contributed by atoms with van der Waals surface area (Å²) in [6, 6.07) is 0. The van der Waals surface area contributed by atoms with Crippen LogP contribution in [-0.2, 0) is 9.53 Å². The van der Waals surface area contributed by atoms with Crippen LogP contribution >= 0.6 is 0 Å². The van der Waals surface area contributed by atoms with Crippen LogP contribution in [0.15, 0.2) is 0 Å². The summed E-state index contributed by atoms with van der Waals surface area (Å²) < 4.78 is 4.84. The monoisotopic (exact) mass is 225 g/mol. The molecule has 0 saturated carbocycles. The molecular weight excluding hydrogens is 202 g/mol. The first-order chi connectivity index (χ1) is 7.81. The molecule has 0 spiro atoms. The average Bonchev–Trinajstić information content (AvgIpc) is 2.27. The predicted octanol–water partition coefficient (Wildman–Crippen LogP) is 2.11. The van der Waals surface area contributed by atoms with Crippen LogP contribution in [0.4, 0.5) is 0 Å². The van der Waals surface area contributed by atoms with E-state index >= 15 is 0 Å². The van der Waals surface area contributed by atoms with Crippen molar-refractivity contribution < 1.29 is 9.53 Å². The summed E-state index contributed by atoms with van der Waals surface area (Å²) >= 11 is 0. The molecule has 92 valence electrons. The van der Waals surface area contributed by atoms with Crippen LogP contribution in [0.1, 0.15) is 45.4 Å². The van der Waals surface area contributed by atoms with E-state index in [1.807, 2.05) is 6.92 Å². The number of hydrogen-bond acceptors (Lipinski definition) is 3. The molecule has 0 rings (SSSR count). The SMILES string of the molecule is C#CCCCNCCCCCC(=O)OCC. The maximum Gasteiger partial charge on any atom is 0.305 e. The molecule has 0 aromatic heterocycles. The lowest BCUT2D eigenvalue weighted by molar-refractivity contribution is -0.143. The van der Waals surface area contributed by atoms with E-state index in [-0.39, 0.29) is 5.97 Å². The summed E-state index contributed by atoms with van der Waals surface area (Å²) in [5.41, 5.74) is 0. The van der Waals surface area contributed by atoms with E-state index in [0.717, 1.165) is 45.2 Å². The van der Waals surface area contributed by atoms with Gasteiger partial charge in [0.05, 0.1) is 6.61 Å². The topological polar surface area (TPSA) is 38.3 Å². The maximum absolute atomic E-state index is 11.0. The fraction of sp³-hybridized carbons (Fsp3) is 0.769. The lowest BCUT2D eigenvalue weighted by Gasteiger charge is -2.03. The minimum absolute atomic E-state index is 0.0792. The van der Waals surface area contributed by atoms with Crippen LogP contribution in [0, 0.1) is 12.3 Å². The van der Waals surface area contributed by atoms with Gasteiger partial charge in [-0.05, 0) is 39.3 Å². The van der Waals surface area contributed by atoms with Crippen molar-refractivity contribution in [1.29, 1.82) is 0 Å². The van der Waals surface area contributed by atoms with Crippen molar-refractivity contribution in [3.8, 4) is 12.3 Å². The number of terminal acetylenes is 1. The quantitative estimate of drug-likeness (QED) is 0.351. The van der Waals surface area contributed by atoms with E-state index in [0.29, 0.717) is 13.0 Å². The van der Waals surface area contributed by atoms with Gasteiger partial charge in [0.1, 0.15) is 0 Å². The summed E-state index contributed by atoms with van der Waals surface area (Å²) in [4.78, 5) is 11.0. The molecule has 0 heterocycles. The first-order valence-corrected chi connectivity index (χ1v) is 6.11. The van der Waals surface area contributed by atoms with Crippen molar-refractivity contribution in [3.05, 3.63) is 0 Å². The summed E-state index contributed by atoms with van der Waals surface area (Å²) in [5.74, 6) is 2.53. The van der Waals surface area contributed by atoms with Crippen molar-refractivity contribution in [2.45, 2.75) is 45.4 Å². The third kappa shape index (κ3) is 11.1. The van der Waals surface area contributed by atoms with Crippen molar-refractivity contribution in [2.24, 2.45) is 0 Å². The van der Waals surface area contributed by atoms with E-state index in [1.54, 1.807) is 0 Å². The number of esters is 1. The second kappa shape index (κ2) is 12.1. The average molecular weight is 225 g/mol. The van der Waals surface area contributed by atoms with Crippen LogP contribution in [0.3, 0.4) is 0 Å². The van der Waals surface area contributed by atoms with Crippen LogP contribution in [0.5, 0.6) is 0 Å². The molecule has 0 aromatic carbocycles. The van der Waals surface area contributed by atoms with Gasteiger partial charge in [-0.25, -0.2) is 0 Å². The zero-order chi connectivity index (χ0) is 12.1. The van der Waals surface area contributed by atoms with Crippen molar-refractivity contribution in [3.63, 3.8) is 0 Å². The van der Waals surface area contributed by atoms with Gasteiger partial charge in [0.2, 0.25) is 0 Å². The molecule has 0 atom stereocenters. The number of hydrogen-bond donors (Lipinski definition) is 1. The first kappa shape index (κ1) is 15.0. The summed E-state index contributed by atoms with van der Waals surface area (Å²) in [6.45, 7) is 4.31. The molecule has 0 saturated heterocycles. The first-order valence-electron chi connectivity index (χ1n) is 6.11. The van der Waals surface area contributed by atoms with Gasteiger partial charge in [0.25, 0.3) is 0 Å². The van der Waals surface area contributed by atoms with Gasteiger partial charge in [-0.3, -0.25) is 4.79 Å². The number of ether oxygens (including phenoxy) is 1. The van der Waals surface area contributed by atoms with E-state index in [2.05, 4.69) is 11.2 Å². The fourth-order valence-corrected chi connectivity index (χ4v) is 1.37. The minimum atomic E-state index is -0.0792. The highest BCUT2D eigenvalue weighted by Crippen LogP contribution is 2.00. The van der Waals surface area contributed by atoms with Crippen LogP contribution in [-0.4, -0.2) is 25.7 Å². The smallest absolute Gasteiger partial charge is 0.305 e. The fourth-order valence-electron chi connectivity index (χ4n) is 1.37. The molecule has 0 fully saturated rings. The Kier molecular flexibility index (Phi) is 11.3. The Hall–Kier alpha value is -1.01. The minimum Gasteiger partial charge on any atom is -0.466 e. The van der Waals surface area contributed by atoms with Gasteiger partial charge in [-0.15, -0.1) is 12.3 Å². The van der Waals surface area contributed by atoms with E-state index in [9.17, 15) is 4.79 Å². The zero-order valence-corrected chi connectivity index (χ0v) is 10.3. The Balaban J connectivity index is 3.04. The highest BCUT2D eigenvalue weighted by molar-refractivity contribution is 5.69. The van der Waals surface area contributed by atoms with E-state index in [1.165, 1.54) is 0 Å². The van der Waals surface area contributed by atoms with Crippen molar-refractivity contribution in [1.82, 2.24) is 5.32 Å².